The van der Waals surface area contributed by atoms with Crippen molar-refractivity contribution >= 4 is 28.8 Å². The second kappa shape index (κ2) is 5.29. The molecule has 14 heavy (non-hydrogen) atoms. The zero-order valence-corrected chi connectivity index (χ0v) is 9.44. The molecule has 0 bridgehead atoms. The molecule has 0 fully saturated rings. The molecule has 0 amide bonds. The van der Waals surface area contributed by atoms with Crippen LogP contribution >= 0.6 is 23.8 Å². The zero-order valence-electron chi connectivity index (χ0n) is 7.87. The van der Waals surface area contributed by atoms with Gasteiger partial charge in [0, 0.05) is 5.02 Å². The maximum atomic E-state index is 5.94. The monoisotopic (exact) mass is 229 g/mol. The predicted molar refractivity (Wildman–Crippen MR) is 62.5 cm³/mol. The van der Waals surface area contributed by atoms with Crippen LogP contribution < -0.4 is 5.73 Å². The van der Waals surface area contributed by atoms with Crippen LogP contribution in [0.25, 0.3) is 0 Å². The number of rotatable bonds is 4. The molecule has 1 unspecified atom stereocenters. The van der Waals surface area contributed by atoms with E-state index in [9.17, 15) is 0 Å². The van der Waals surface area contributed by atoms with Crippen LogP contribution in [0.4, 0.5) is 0 Å². The van der Waals surface area contributed by atoms with E-state index < -0.39 is 0 Å². The molecule has 0 aromatic heterocycles. The van der Waals surface area contributed by atoms with Crippen LogP contribution in [0.5, 0.6) is 0 Å². The van der Waals surface area contributed by atoms with Gasteiger partial charge in [0.2, 0.25) is 0 Å². The minimum absolute atomic E-state index is 0.221. The molecule has 76 valence electrons. The summed E-state index contributed by atoms with van der Waals surface area (Å²) in [5.41, 5.74) is 6.35. The van der Waals surface area contributed by atoms with Gasteiger partial charge in [-0.15, -0.1) is 0 Å². The van der Waals surface area contributed by atoms with Gasteiger partial charge in [-0.1, -0.05) is 42.0 Å². The van der Waals surface area contributed by atoms with Crippen molar-refractivity contribution in [1.82, 2.24) is 0 Å². The second-order valence-electron chi connectivity index (χ2n) is 2.95. The van der Waals surface area contributed by atoms with Crippen molar-refractivity contribution in [3.05, 3.63) is 34.9 Å². The first-order valence-corrected chi connectivity index (χ1v) is 5.04. The average molecular weight is 230 g/mol. The van der Waals surface area contributed by atoms with E-state index in [1.807, 2.05) is 31.2 Å². The number of halogens is 1. The predicted octanol–water partition coefficient (Wildman–Crippen LogP) is 2.53. The van der Waals surface area contributed by atoms with Gasteiger partial charge in [0.1, 0.15) is 11.1 Å². The first kappa shape index (κ1) is 11.4. The molecule has 1 atom stereocenters. The molecule has 2 N–H and O–H groups in total. The third kappa shape index (κ3) is 3.25. The highest BCUT2D eigenvalue weighted by molar-refractivity contribution is 7.80. The van der Waals surface area contributed by atoms with Crippen molar-refractivity contribution < 1.29 is 4.74 Å². The Hall–Kier alpha value is -0.640. The lowest BCUT2D eigenvalue weighted by atomic mass is 10.2. The fourth-order valence-corrected chi connectivity index (χ4v) is 1.17. The summed E-state index contributed by atoms with van der Waals surface area (Å²) in [5, 5.41) is 0.697. The summed E-state index contributed by atoms with van der Waals surface area (Å²) in [5.74, 6) is 0. The third-order valence-electron chi connectivity index (χ3n) is 1.85. The number of thiocarbonyl (C=S) groups is 1. The molecule has 0 saturated heterocycles. The smallest absolute Gasteiger partial charge is 0.105 e. The topological polar surface area (TPSA) is 35.2 Å². The summed E-state index contributed by atoms with van der Waals surface area (Å²) in [4.78, 5) is 0.358. The molecule has 1 rings (SSSR count). The first-order valence-electron chi connectivity index (χ1n) is 4.25. The SMILES string of the molecule is CC(OCc1ccccc1Cl)C(N)=S. The fraction of sp³-hybridized carbons (Fsp3) is 0.300. The van der Waals surface area contributed by atoms with Crippen molar-refractivity contribution in [2.75, 3.05) is 0 Å². The number of nitrogens with two attached hydrogens (primary N) is 1. The van der Waals surface area contributed by atoms with E-state index in [2.05, 4.69) is 0 Å². The van der Waals surface area contributed by atoms with Gasteiger partial charge in [0.15, 0.2) is 0 Å². The van der Waals surface area contributed by atoms with Crippen molar-refractivity contribution in [3.63, 3.8) is 0 Å². The molecule has 0 saturated carbocycles. The summed E-state index contributed by atoms with van der Waals surface area (Å²) in [6.45, 7) is 2.25. The minimum Gasteiger partial charge on any atom is -0.391 e. The van der Waals surface area contributed by atoms with Crippen LogP contribution in [0.1, 0.15) is 12.5 Å². The van der Waals surface area contributed by atoms with Crippen LogP contribution in [0.2, 0.25) is 5.02 Å². The van der Waals surface area contributed by atoms with Gasteiger partial charge in [-0.05, 0) is 18.6 Å². The number of hydrogen-bond donors (Lipinski definition) is 1. The molecule has 1 aromatic rings. The molecule has 1 aromatic carbocycles. The third-order valence-corrected chi connectivity index (χ3v) is 2.55. The second-order valence-corrected chi connectivity index (χ2v) is 3.83. The van der Waals surface area contributed by atoms with E-state index in [1.165, 1.54) is 0 Å². The van der Waals surface area contributed by atoms with E-state index in [0.29, 0.717) is 16.6 Å². The maximum absolute atomic E-state index is 5.94. The summed E-state index contributed by atoms with van der Waals surface area (Å²) < 4.78 is 5.42. The van der Waals surface area contributed by atoms with Crippen LogP contribution in [0.15, 0.2) is 24.3 Å². The highest BCUT2D eigenvalue weighted by Gasteiger charge is 2.06. The van der Waals surface area contributed by atoms with Gasteiger partial charge >= 0.3 is 0 Å². The summed E-state index contributed by atoms with van der Waals surface area (Å²) in [6, 6.07) is 7.53. The number of ether oxygens (including phenoxy) is 1. The molecule has 0 spiro atoms. The molecular weight excluding hydrogens is 218 g/mol. The Bertz CT molecular complexity index is 330. The van der Waals surface area contributed by atoms with Gasteiger partial charge in [0.05, 0.1) is 6.61 Å². The van der Waals surface area contributed by atoms with Gasteiger partial charge in [-0.25, -0.2) is 0 Å². The molecule has 0 heterocycles. The summed E-state index contributed by atoms with van der Waals surface area (Å²) in [7, 11) is 0. The normalized spacial score (nSPS) is 12.4. The lowest BCUT2D eigenvalue weighted by molar-refractivity contribution is 0.0969. The fourth-order valence-electron chi connectivity index (χ4n) is 0.912. The Kier molecular flexibility index (Phi) is 4.32. The summed E-state index contributed by atoms with van der Waals surface area (Å²) >= 11 is 10.7. The molecule has 0 aliphatic rings. The van der Waals surface area contributed by atoms with Crippen LogP contribution in [0.3, 0.4) is 0 Å². The Morgan fingerprint density at radius 2 is 2.21 bits per heavy atom. The van der Waals surface area contributed by atoms with Gasteiger partial charge in [0.25, 0.3) is 0 Å². The van der Waals surface area contributed by atoms with Crippen LogP contribution in [-0.4, -0.2) is 11.1 Å². The lowest BCUT2D eigenvalue weighted by Crippen LogP contribution is -2.26. The first-order chi connectivity index (χ1) is 6.61. The molecule has 2 nitrogen and oxygen atoms in total. The van der Waals surface area contributed by atoms with Crippen LogP contribution in [0, 0.1) is 0 Å². The summed E-state index contributed by atoms with van der Waals surface area (Å²) in [6.07, 6.45) is -0.221. The van der Waals surface area contributed by atoms with E-state index >= 15 is 0 Å². The molecule has 0 radical (unpaired) electrons. The lowest BCUT2D eigenvalue weighted by Gasteiger charge is -2.11. The van der Waals surface area contributed by atoms with Crippen molar-refractivity contribution in [3.8, 4) is 0 Å². The highest BCUT2D eigenvalue weighted by Crippen LogP contribution is 2.16. The van der Waals surface area contributed by atoms with Gasteiger partial charge in [-0.2, -0.15) is 0 Å². The van der Waals surface area contributed by atoms with E-state index in [1.54, 1.807) is 0 Å². The Balaban J connectivity index is 2.54. The van der Waals surface area contributed by atoms with Gasteiger partial charge < -0.3 is 10.5 Å². The van der Waals surface area contributed by atoms with E-state index in [4.69, 9.17) is 34.3 Å². The van der Waals surface area contributed by atoms with Gasteiger partial charge in [-0.3, -0.25) is 0 Å². The standard InChI is InChI=1S/C10H12ClNOS/c1-7(10(12)14)13-6-8-4-2-3-5-9(8)11/h2-5,7H,6H2,1H3,(H2,12,14). The van der Waals surface area contributed by atoms with Crippen molar-refractivity contribution in [1.29, 1.82) is 0 Å². The Labute approximate surface area is 94.0 Å². The largest absolute Gasteiger partial charge is 0.391 e. The highest BCUT2D eigenvalue weighted by atomic mass is 35.5. The van der Waals surface area contributed by atoms with Crippen LogP contribution in [-0.2, 0) is 11.3 Å². The molecule has 0 aliphatic carbocycles. The molecular formula is C10H12ClNOS. The Morgan fingerprint density at radius 1 is 1.57 bits per heavy atom. The van der Waals surface area contributed by atoms with E-state index in [0.717, 1.165) is 5.56 Å². The van der Waals surface area contributed by atoms with E-state index in [-0.39, 0.29) is 6.10 Å². The number of hydrogen-bond acceptors (Lipinski definition) is 2. The quantitative estimate of drug-likeness (QED) is 0.806. The maximum Gasteiger partial charge on any atom is 0.105 e. The Morgan fingerprint density at radius 3 is 2.79 bits per heavy atom. The minimum atomic E-state index is -0.221. The molecule has 0 aliphatic heterocycles. The zero-order chi connectivity index (χ0) is 10.6. The average Bonchev–Trinajstić information content (AvgIpc) is 2.16. The van der Waals surface area contributed by atoms with Crippen molar-refractivity contribution in [2.45, 2.75) is 19.6 Å². The van der Waals surface area contributed by atoms with Crippen molar-refractivity contribution in [2.24, 2.45) is 5.73 Å². The number of benzene rings is 1. The molecule has 4 heteroatoms.